The zero-order valence-corrected chi connectivity index (χ0v) is 29.0. The van der Waals surface area contributed by atoms with E-state index < -0.39 is 0 Å². The maximum absolute atomic E-state index is 10.2. The summed E-state index contributed by atoms with van der Waals surface area (Å²) in [5, 5.41) is 20.4. The lowest BCUT2D eigenvalue weighted by Crippen LogP contribution is -2.31. The van der Waals surface area contributed by atoms with Gasteiger partial charge in [0.15, 0.2) is 0 Å². The summed E-state index contributed by atoms with van der Waals surface area (Å²) in [6.45, 7) is 22.6. The van der Waals surface area contributed by atoms with Gasteiger partial charge in [0.05, 0.1) is 12.2 Å². The molecule has 0 aromatic rings. The summed E-state index contributed by atoms with van der Waals surface area (Å²) < 4.78 is 0. The zero-order valence-electron chi connectivity index (χ0n) is 29.0. The second-order valence-electron chi connectivity index (χ2n) is 15.5. The van der Waals surface area contributed by atoms with Gasteiger partial charge in [-0.25, -0.2) is 0 Å². The van der Waals surface area contributed by atoms with Crippen LogP contribution in [-0.2, 0) is 0 Å². The summed E-state index contributed by atoms with van der Waals surface area (Å²) in [6, 6.07) is 0. The van der Waals surface area contributed by atoms with Crippen LogP contribution in [0.4, 0.5) is 0 Å². The molecule has 0 heterocycles. The van der Waals surface area contributed by atoms with Crippen molar-refractivity contribution in [1.82, 2.24) is 0 Å². The second kappa shape index (κ2) is 17.0. The van der Waals surface area contributed by atoms with Gasteiger partial charge < -0.3 is 10.2 Å². The Morgan fingerprint density at radius 3 is 2.19 bits per heavy atom. The van der Waals surface area contributed by atoms with Crippen molar-refractivity contribution >= 4 is 0 Å². The Morgan fingerprint density at radius 2 is 1.50 bits per heavy atom. The van der Waals surface area contributed by atoms with E-state index in [9.17, 15) is 10.2 Å². The fourth-order valence-electron chi connectivity index (χ4n) is 6.81. The maximum Gasteiger partial charge on any atom is 0.0608 e. The second-order valence-corrected chi connectivity index (χ2v) is 15.5. The summed E-state index contributed by atoms with van der Waals surface area (Å²) in [4.78, 5) is 0. The molecule has 0 aromatic carbocycles. The van der Waals surface area contributed by atoms with E-state index in [0.29, 0.717) is 17.8 Å². The predicted molar refractivity (Wildman–Crippen MR) is 184 cm³/mol. The van der Waals surface area contributed by atoms with Gasteiger partial charge in [-0.2, -0.15) is 0 Å². The molecule has 0 aromatic heterocycles. The molecule has 4 unspecified atom stereocenters. The minimum absolute atomic E-state index is 0.0516. The molecular weight excluding hydrogens is 512 g/mol. The van der Waals surface area contributed by atoms with Crippen molar-refractivity contribution in [3.8, 4) is 0 Å². The molecule has 2 nitrogen and oxygen atoms in total. The van der Waals surface area contributed by atoms with Crippen LogP contribution in [0.15, 0.2) is 71.4 Å². The molecule has 0 bridgehead atoms. The third-order valence-corrected chi connectivity index (χ3v) is 9.79. The topological polar surface area (TPSA) is 40.5 Å². The molecule has 7 atom stereocenters. The largest absolute Gasteiger partial charge is 0.393 e. The van der Waals surface area contributed by atoms with Gasteiger partial charge >= 0.3 is 0 Å². The first-order valence-corrected chi connectivity index (χ1v) is 17.1. The van der Waals surface area contributed by atoms with Crippen molar-refractivity contribution < 1.29 is 10.2 Å². The van der Waals surface area contributed by atoms with Crippen LogP contribution in [0.3, 0.4) is 0 Å². The van der Waals surface area contributed by atoms with Gasteiger partial charge in [-0.3, -0.25) is 0 Å². The van der Waals surface area contributed by atoms with Crippen LogP contribution in [0.2, 0.25) is 0 Å². The molecule has 0 amide bonds. The Balaban J connectivity index is 1.64. The van der Waals surface area contributed by atoms with Gasteiger partial charge in [0.1, 0.15) is 0 Å². The Morgan fingerprint density at radius 1 is 0.833 bits per heavy atom. The summed E-state index contributed by atoms with van der Waals surface area (Å²) in [6.07, 6.45) is 30.5. The fourth-order valence-corrected chi connectivity index (χ4v) is 6.81. The molecule has 0 fully saturated rings. The van der Waals surface area contributed by atoms with Gasteiger partial charge in [0.2, 0.25) is 0 Å². The number of hydrogen-bond donors (Lipinski definition) is 2. The Hall–Kier alpha value is -1.64. The van der Waals surface area contributed by atoms with E-state index in [1.165, 1.54) is 48.8 Å². The minimum Gasteiger partial charge on any atom is -0.393 e. The van der Waals surface area contributed by atoms with E-state index in [-0.39, 0.29) is 29.0 Å². The zero-order chi connectivity index (χ0) is 31.5. The van der Waals surface area contributed by atoms with Crippen molar-refractivity contribution in [3.05, 3.63) is 71.4 Å². The van der Waals surface area contributed by atoms with E-state index in [1.807, 2.05) is 0 Å². The summed E-state index contributed by atoms with van der Waals surface area (Å²) in [5.74, 6) is 2.59. The Labute approximate surface area is 260 Å². The van der Waals surface area contributed by atoms with Gasteiger partial charge in [0.25, 0.3) is 0 Å². The van der Waals surface area contributed by atoms with Gasteiger partial charge in [-0.05, 0) is 97.5 Å². The highest BCUT2D eigenvalue weighted by molar-refractivity contribution is 5.34. The van der Waals surface area contributed by atoms with E-state index in [0.717, 1.165) is 31.6 Å². The summed E-state index contributed by atoms with van der Waals surface area (Å²) >= 11 is 0. The minimum atomic E-state index is -0.216. The SMILES string of the molecule is CC1=C(/C=C/C(C)C/C=C/C(C)/C=C/CCC(C)CCCC(C)/C=C/C2=C[C@H](C)[C@H](O)CC2(C)C)C(C)(C)C[C@@H](O)C1. The van der Waals surface area contributed by atoms with Crippen LogP contribution >= 0.6 is 0 Å². The van der Waals surface area contributed by atoms with Gasteiger partial charge in [-0.1, -0.05) is 135 Å². The van der Waals surface area contributed by atoms with Crippen LogP contribution < -0.4 is 0 Å². The van der Waals surface area contributed by atoms with Gasteiger partial charge in [0, 0.05) is 5.92 Å². The summed E-state index contributed by atoms with van der Waals surface area (Å²) in [7, 11) is 0. The average Bonchev–Trinajstić information content (AvgIpc) is 2.86. The molecular formula is C40H66O2. The van der Waals surface area contributed by atoms with Crippen LogP contribution in [0.1, 0.15) is 127 Å². The molecule has 2 heteroatoms. The molecule has 0 spiro atoms. The molecule has 2 N–H and O–H groups in total. The predicted octanol–water partition coefficient (Wildman–Crippen LogP) is 10.9. The fraction of sp³-hybridized carbons (Fsp3) is 0.700. The van der Waals surface area contributed by atoms with Gasteiger partial charge in [-0.15, -0.1) is 0 Å². The molecule has 42 heavy (non-hydrogen) atoms. The van der Waals surface area contributed by atoms with Crippen LogP contribution in [-0.4, -0.2) is 22.4 Å². The van der Waals surface area contributed by atoms with Crippen molar-refractivity contribution in [2.24, 2.45) is 40.4 Å². The number of hydrogen-bond acceptors (Lipinski definition) is 2. The maximum atomic E-state index is 10.2. The third-order valence-electron chi connectivity index (χ3n) is 9.79. The van der Waals surface area contributed by atoms with Crippen molar-refractivity contribution in [2.45, 2.75) is 139 Å². The van der Waals surface area contributed by atoms with Crippen molar-refractivity contribution in [1.29, 1.82) is 0 Å². The van der Waals surface area contributed by atoms with Crippen LogP contribution in [0.25, 0.3) is 0 Å². The highest BCUT2D eigenvalue weighted by Gasteiger charge is 2.32. The number of aliphatic hydroxyl groups excluding tert-OH is 2. The first-order chi connectivity index (χ1) is 19.6. The van der Waals surface area contributed by atoms with Crippen molar-refractivity contribution in [3.63, 3.8) is 0 Å². The lowest BCUT2D eigenvalue weighted by molar-refractivity contribution is 0.0847. The summed E-state index contributed by atoms with van der Waals surface area (Å²) in [5.41, 5.74) is 4.24. The molecule has 238 valence electrons. The quantitative estimate of drug-likeness (QED) is 0.190. The molecule has 0 saturated carbocycles. The van der Waals surface area contributed by atoms with E-state index >= 15 is 0 Å². The number of aliphatic hydroxyl groups is 2. The monoisotopic (exact) mass is 579 g/mol. The van der Waals surface area contributed by atoms with E-state index in [1.54, 1.807) is 0 Å². The normalized spacial score (nSPS) is 27.7. The Bertz CT molecular complexity index is 1000. The number of allylic oxidation sites excluding steroid dienone is 10. The highest BCUT2D eigenvalue weighted by atomic mass is 16.3. The first-order valence-electron chi connectivity index (χ1n) is 17.1. The molecule has 2 aliphatic rings. The highest BCUT2D eigenvalue weighted by Crippen LogP contribution is 2.41. The first kappa shape index (κ1) is 36.6. The standard InChI is InChI=1S/C40H66O2/c1-29(17-13-19-31(3)21-23-35-25-34(6)38(42)28-39(35,7)8)15-11-12-16-30(2)18-14-20-32(4)22-24-37-33(5)26-36(41)27-40(37,9)10/h12,14,16,18,21-25,29-32,34,36,38,41-42H,11,13,15,17,19-20,26-28H2,1-10H3/b16-12+,18-14+,23-21+,24-22+/t29?,30?,31?,32?,34-,36-,38+/m0/s1. The average molecular weight is 579 g/mol. The Kier molecular flexibility index (Phi) is 14.8. The molecule has 0 aliphatic heterocycles. The third kappa shape index (κ3) is 12.5. The van der Waals surface area contributed by atoms with Crippen LogP contribution in [0, 0.1) is 40.4 Å². The lowest BCUT2D eigenvalue weighted by atomic mass is 9.71. The number of rotatable bonds is 15. The lowest BCUT2D eigenvalue weighted by Gasteiger charge is -2.36. The molecule has 0 saturated heterocycles. The molecule has 0 radical (unpaired) electrons. The smallest absolute Gasteiger partial charge is 0.0608 e. The molecule has 2 aliphatic carbocycles. The van der Waals surface area contributed by atoms with E-state index in [4.69, 9.17) is 0 Å². The van der Waals surface area contributed by atoms with Crippen molar-refractivity contribution in [2.75, 3.05) is 0 Å². The van der Waals surface area contributed by atoms with E-state index in [2.05, 4.69) is 124 Å². The molecule has 2 rings (SSSR count). The van der Waals surface area contributed by atoms with Crippen LogP contribution in [0.5, 0.6) is 0 Å².